The quantitative estimate of drug-likeness (QED) is 0.671. The molecule has 0 fully saturated rings. The van der Waals surface area contributed by atoms with Gasteiger partial charge in [0, 0.05) is 4.88 Å². The van der Waals surface area contributed by atoms with Crippen LogP contribution in [0.3, 0.4) is 0 Å². The summed E-state index contributed by atoms with van der Waals surface area (Å²) in [6, 6.07) is 9.94. The number of rotatable bonds is 8. The summed E-state index contributed by atoms with van der Waals surface area (Å²) in [5.41, 5.74) is 0.640. The van der Waals surface area contributed by atoms with E-state index in [1.54, 1.807) is 43.3 Å². The van der Waals surface area contributed by atoms with E-state index in [4.69, 9.17) is 9.47 Å². The molecule has 0 saturated carbocycles. The second kappa shape index (κ2) is 9.84. The number of aliphatic hydroxyl groups is 1. The third-order valence-corrected chi connectivity index (χ3v) is 4.76. The van der Waals surface area contributed by atoms with Gasteiger partial charge >= 0.3 is 11.9 Å². The van der Waals surface area contributed by atoms with E-state index in [-0.39, 0.29) is 12.2 Å². The van der Waals surface area contributed by atoms with E-state index in [2.05, 4.69) is 5.32 Å². The maximum absolute atomic E-state index is 12.1. The van der Waals surface area contributed by atoms with Gasteiger partial charge in [-0.3, -0.25) is 4.79 Å². The van der Waals surface area contributed by atoms with Gasteiger partial charge in [-0.15, -0.1) is 11.3 Å². The van der Waals surface area contributed by atoms with Crippen LogP contribution in [-0.2, 0) is 25.5 Å². The number of aryl methyl sites for hydroxylation is 1. The summed E-state index contributed by atoms with van der Waals surface area (Å²) in [4.78, 5) is 36.9. The van der Waals surface area contributed by atoms with Crippen LogP contribution in [0.4, 0.5) is 5.00 Å². The number of esters is 2. The highest BCUT2D eigenvalue weighted by atomic mass is 32.1. The third kappa shape index (κ3) is 5.63. The van der Waals surface area contributed by atoms with Gasteiger partial charge in [0.2, 0.25) is 0 Å². The molecular formula is C19H21NO6S. The molecule has 0 unspecified atom stereocenters. The normalized spacial score (nSPS) is 11.5. The van der Waals surface area contributed by atoms with Gasteiger partial charge in [0.15, 0.2) is 12.7 Å². The number of carbonyl (C=O) groups excluding carboxylic acids is 3. The lowest BCUT2D eigenvalue weighted by atomic mass is 10.1. The number of hydrogen-bond donors (Lipinski definition) is 2. The molecule has 2 rings (SSSR count). The summed E-state index contributed by atoms with van der Waals surface area (Å²) < 4.78 is 9.85. The van der Waals surface area contributed by atoms with E-state index >= 15 is 0 Å². The Kier molecular flexibility index (Phi) is 7.51. The number of ether oxygens (including phenoxy) is 2. The van der Waals surface area contributed by atoms with E-state index in [1.807, 2.05) is 6.92 Å². The topological polar surface area (TPSA) is 102 Å². The lowest BCUT2D eigenvalue weighted by Gasteiger charge is -2.11. The third-order valence-electron chi connectivity index (χ3n) is 3.56. The smallest absolute Gasteiger partial charge is 0.341 e. The Morgan fingerprint density at radius 2 is 1.85 bits per heavy atom. The van der Waals surface area contributed by atoms with Crippen molar-refractivity contribution in [2.45, 2.75) is 26.4 Å². The lowest BCUT2D eigenvalue weighted by molar-refractivity contribution is -0.156. The Bertz CT molecular complexity index is 802. The average molecular weight is 391 g/mol. The minimum atomic E-state index is -1.47. The van der Waals surface area contributed by atoms with Crippen LogP contribution in [0.1, 0.15) is 40.8 Å². The summed E-state index contributed by atoms with van der Waals surface area (Å²) >= 11 is 1.26. The molecule has 1 heterocycles. The van der Waals surface area contributed by atoms with Crippen molar-refractivity contribution in [2.24, 2.45) is 0 Å². The van der Waals surface area contributed by atoms with E-state index in [1.165, 1.54) is 11.3 Å². The first-order chi connectivity index (χ1) is 13.0. The van der Waals surface area contributed by atoms with Gasteiger partial charge in [-0.25, -0.2) is 9.59 Å². The van der Waals surface area contributed by atoms with Gasteiger partial charge < -0.3 is 19.9 Å². The van der Waals surface area contributed by atoms with Crippen molar-refractivity contribution < 1.29 is 29.0 Å². The molecule has 1 aromatic carbocycles. The van der Waals surface area contributed by atoms with Crippen LogP contribution in [0.25, 0.3) is 0 Å². The fraction of sp³-hybridized carbons (Fsp3) is 0.316. The van der Waals surface area contributed by atoms with Crippen molar-refractivity contribution in [1.82, 2.24) is 0 Å². The number of benzene rings is 1. The fourth-order valence-corrected chi connectivity index (χ4v) is 3.22. The van der Waals surface area contributed by atoms with Crippen LogP contribution >= 0.6 is 11.3 Å². The zero-order valence-corrected chi connectivity index (χ0v) is 15.9. The van der Waals surface area contributed by atoms with Crippen molar-refractivity contribution in [3.05, 3.63) is 52.4 Å². The molecule has 0 bridgehead atoms. The molecule has 0 radical (unpaired) electrons. The predicted molar refractivity (Wildman–Crippen MR) is 101 cm³/mol. The Hall–Kier alpha value is -2.71. The van der Waals surface area contributed by atoms with Crippen molar-refractivity contribution in [3.63, 3.8) is 0 Å². The van der Waals surface area contributed by atoms with Crippen LogP contribution in [0.5, 0.6) is 0 Å². The second-order valence-electron chi connectivity index (χ2n) is 5.50. The number of anilines is 1. The number of hydrogen-bond acceptors (Lipinski definition) is 7. The number of thiophene rings is 1. The van der Waals surface area contributed by atoms with Crippen LogP contribution < -0.4 is 5.32 Å². The molecule has 0 saturated heterocycles. The summed E-state index contributed by atoms with van der Waals surface area (Å²) in [6.45, 7) is 3.27. The van der Waals surface area contributed by atoms with Crippen molar-refractivity contribution in [1.29, 1.82) is 0 Å². The fourth-order valence-electron chi connectivity index (χ4n) is 2.22. The first-order valence-electron chi connectivity index (χ1n) is 8.45. The highest BCUT2D eigenvalue weighted by molar-refractivity contribution is 7.16. The number of nitrogens with one attached hydrogen (secondary N) is 1. The van der Waals surface area contributed by atoms with Gasteiger partial charge in [0.25, 0.3) is 5.91 Å². The Balaban J connectivity index is 1.96. The van der Waals surface area contributed by atoms with Gasteiger partial charge in [-0.05, 0) is 25.0 Å². The van der Waals surface area contributed by atoms with E-state index < -0.39 is 30.6 Å². The minimum absolute atomic E-state index is 0.221. The maximum Gasteiger partial charge on any atom is 0.341 e. The summed E-state index contributed by atoms with van der Waals surface area (Å²) in [5.74, 6) is -2.07. The molecule has 1 aromatic heterocycles. The van der Waals surface area contributed by atoms with Gasteiger partial charge in [-0.2, -0.15) is 0 Å². The van der Waals surface area contributed by atoms with Gasteiger partial charge in [-0.1, -0.05) is 37.3 Å². The number of amides is 1. The molecule has 2 aromatic rings. The monoisotopic (exact) mass is 391 g/mol. The second-order valence-corrected chi connectivity index (χ2v) is 6.64. The van der Waals surface area contributed by atoms with Gasteiger partial charge in [0.1, 0.15) is 5.00 Å². The Labute approximate surface area is 160 Å². The molecule has 144 valence electrons. The van der Waals surface area contributed by atoms with Crippen LogP contribution in [0.15, 0.2) is 36.4 Å². The summed E-state index contributed by atoms with van der Waals surface area (Å²) in [5, 5.41) is 12.8. The maximum atomic E-state index is 12.1. The first-order valence-corrected chi connectivity index (χ1v) is 9.27. The minimum Gasteiger partial charge on any atom is -0.462 e. The van der Waals surface area contributed by atoms with Crippen molar-refractivity contribution in [2.75, 3.05) is 18.5 Å². The molecule has 8 heteroatoms. The number of carbonyl (C=O) groups is 3. The molecule has 1 amide bonds. The van der Waals surface area contributed by atoms with Gasteiger partial charge in [0.05, 0.1) is 12.2 Å². The van der Waals surface area contributed by atoms with E-state index in [9.17, 15) is 19.5 Å². The van der Waals surface area contributed by atoms with Crippen LogP contribution in [-0.4, -0.2) is 36.2 Å². The molecular weight excluding hydrogens is 370 g/mol. The number of aliphatic hydroxyl groups excluding tert-OH is 1. The Morgan fingerprint density at radius 3 is 2.48 bits per heavy atom. The predicted octanol–water partition coefficient (Wildman–Crippen LogP) is 2.70. The highest BCUT2D eigenvalue weighted by Gasteiger charge is 2.22. The van der Waals surface area contributed by atoms with Crippen molar-refractivity contribution >= 4 is 34.2 Å². The summed E-state index contributed by atoms with van der Waals surface area (Å²) in [6.07, 6.45) is -0.770. The molecule has 1 atom stereocenters. The molecule has 2 N–H and O–H groups in total. The molecule has 0 spiro atoms. The summed E-state index contributed by atoms with van der Waals surface area (Å²) in [7, 11) is 0. The SMILES string of the molecule is CCOC(=O)c1cc(CC)sc1NC(=O)COC(=O)[C@H](O)c1ccccc1. The first kappa shape index (κ1) is 20.6. The van der Waals surface area contributed by atoms with E-state index in [0.29, 0.717) is 17.0 Å². The largest absolute Gasteiger partial charge is 0.462 e. The van der Waals surface area contributed by atoms with Crippen molar-refractivity contribution in [3.8, 4) is 0 Å². The molecule has 7 nitrogen and oxygen atoms in total. The molecule has 0 aliphatic rings. The standard InChI is InChI=1S/C19H21NO6S/c1-3-13-10-14(18(23)25-4-2)17(27-13)20-15(21)11-26-19(24)16(22)12-8-6-5-7-9-12/h5-10,16,22H,3-4,11H2,1-2H3,(H,20,21)/t16-/m1/s1. The van der Waals surface area contributed by atoms with E-state index in [0.717, 1.165) is 4.88 Å². The highest BCUT2D eigenvalue weighted by Crippen LogP contribution is 2.29. The van der Waals surface area contributed by atoms with Crippen LogP contribution in [0, 0.1) is 0 Å². The molecule has 0 aliphatic heterocycles. The average Bonchev–Trinajstić information content (AvgIpc) is 3.09. The molecule has 27 heavy (non-hydrogen) atoms. The zero-order chi connectivity index (χ0) is 19.8. The Morgan fingerprint density at radius 1 is 1.15 bits per heavy atom. The lowest BCUT2D eigenvalue weighted by Crippen LogP contribution is -2.24. The zero-order valence-electron chi connectivity index (χ0n) is 15.1. The van der Waals surface area contributed by atoms with Crippen LogP contribution in [0.2, 0.25) is 0 Å². The molecule has 0 aliphatic carbocycles.